The van der Waals surface area contributed by atoms with E-state index in [-0.39, 0.29) is 11.9 Å². The largest absolute Gasteiger partial charge is 0.358 e. The van der Waals surface area contributed by atoms with E-state index in [0.717, 1.165) is 41.7 Å². The van der Waals surface area contributed by atoms with Gasteiger partial charge in [0.15, 0.2) is 0 Å². The number of aromatic nitrogens is 4. The van der Waals surface area contributed by atoms with Crippen LogP contribution in [0.5, 0.6) is 0 Å². The molecular weight excluding hydrogens is 292 g/mol. The van der Waals surface area contributed by atoms with Crippen molar-refractivity contribution in [3.63, 3.8) is 0 Å². The zero-order valence-electron chi connectivity index (χ0n) is 14.0. The molecule has 2 aromatic rings. The van der Waals surface area contributed by atoms with Gasteiger partial charge in [-0.2, -0.15) is 5.10 Å². The third-order valence-corrected chi connectivity index (χ3v) is 4.03. The molecule has 0 spiro atoms. The molecule has 1 aliphatic rings. The number of amides is 1. The molecule has 0 unspecified atom stereocenters. The van der Waals surface area contributed by atoms with Gasteiger partial charge in [0, 0.05) is 31.4 Å². The maximum Gasteiger partial charge on any atom is 0.250 e. The normalized spacial score (nSPS) is 17.8. The van der Waals surface area contributed by atoms with Crippen LogP contribution >= 0.6 is 0 Å². The summed E-state index contributed by atoms with van der Waals surface area (Å²) in [7, 11) is 1.86. The van der Waals surface area contributed by atoms with Gasteiger partial charge in [-0.05, 0) is 26.7 Å². The standard InChI is InChI=1S/C16H22N6O/c1-5-12-9-14(18-11(3)17-12)19-13-6-7-22(16(13)23)15-8-10(2)20-21(15)4/h8-9,13H,5-7H2,1-4H3,(H,17,18,19)/t13-/m1/s1. The van der Waals surface area contributed by atoms with Crippen molar-refractivity contribution < 1.29 is 4.79 Å². The van der Waals surface area contributed by atoms with E-state index in [1.165, 1.54) is 0 Å². The Morgan fingerprint density at radius 3 is 2.74 bits per heavy atom. The third kappa shape index (κ3) is 3.04. The Hall–Kier alpha value is -2.44. The second-order valence-corrected chi connectivity index (χ2v) is 5.89. The van der Waals surface area contributed by atoms with Crippen molar-refractivity contribution in [3.05, 3.63) is 29.3 Å². The average molecular weight is 314 g/mol. The molecule has 1 N–H and O–H groups in total. The molecule has 3 rings (SSSR count). The molecule has 0 radical (unpaired) electrons. The number of carbonyl (C=O) groups excluding carboxylic acids is 1. The molecule has 2 aromatic heterocycles. The van der Waals surface area contributed by atoms with Crippen molar-refractivity contribution in [1.82, 2.24) is 19.7 Å². The Bertz CT molecular complexity index is 738. The first-order valence-electron chi connectivity index (χ1n) is 7.91. The molecule has 3 heterocycles. The Balaban J connectivity index is 1.77. The Labute approximate surface area is 135 Å². The highest BCUT2D eigenvalue weighted by atomic mass is 16.2. The van der Waals surface area contributed by atoms with Gasteiger partial charge in [-0.1, -0.05) is 6.92 Å². The minimum atomic E-state index is -0.260. The van der Waals surface area contributed by atoms with E-state index in [1.54, 1.807) is 9.58 Å². The number of carbonyl (C=O) groups is 1. The zero-order valence-corrected chi connectivity index (χ0v) is 14.0. The van der Waals surface area contributed by atoms with Crippen molar-refractivity contribution in [2.24, 2.45) is 7.05 Å². The smallest absolute Gasteiger partial charge is 0.250 e. The maximum absolute atomic E-state index is 12.7. The minimum absolute atomic E-state index is 0.0577. The van der Waals surface area contributed by atoms with Crippen molar-refractivity contribution in [2.75, 3.05) is 16.8 Å². The summed E-state index contributed by atoms with van der Waals surface area (Å²) in [6.45, 7) is 6.53. The summed E-state index contributed by atoms with van der Waals surface area (Å²) in [4.78, 5) is 23.2. The number of nitrogens with one attached hydrogen (secondary N) is 1. The second kappa shape index (κ2) is 5.98. The van der Waals surface area contributed by atoms with Crippen molar-refractivity contribution in [2.45, 2.75) is 39.7 Å². The molecular formula is C16H22N6O. The van der Waals surface area contributed by atoms with E-state index in [4.69, 9.17) is 0 Å². The minimum Gasteiger partial charge on any atom is -0.358 e. The molecule has 23 heavy (non-hydrogen) atoms. The molecule has 122 valence electrons. The van der Waals surface area contributed by atoms with Crippen LogP contribution in [0.4, 0.5) is 11.6 Å². The number of nitrogens with zero attached hydrogens (tertiary/aromatic N) is 5. The van der Waals surface area contributed by atoms with Crippen LogP contribution in [-0.4, -0.2) is 38.2 Å². The fraction of sp³-hybridized carbons (Fsp3) is 0.500. The molecule has 0 aromatic carbocycles. The predicted molar refractivity (Wildman–Crippen MR) is 88.5 cm³/mol. The number of rotatable bonds is 4. The van der Waals surface area contributed by atoms with Crippen LogP contribution in [0.3, 0.4) is 0 Å². The molecule has 1 aliphatic heterocycles. The number of hydrogen-bond donors (Lipinski definition) is 1. The van der Waals surface area contributed by atoms with E-state index in [9.17, 15) is 4.79 Å². The fourth-order valence-corrected chi connectivity index (χ4v) is 2.95. The highest BCUT2D eigenvalue weighted by Gasteiger charge is 2.34. The predicted octanol–water partition coefficient (Wildman–Crippen LogP) is 1.61. The summed E-state index contributed by atoms with van der Waals surface area (Å²) in [5.41, 5.74) is 1.88. The van der Waals surface area contributed by atoms with E-state index in [2.05, 4.69) is 27.3 Å². The topological polar surface area (TPSA) is 75.9 Å². The first-order chi connectivity index (χ1) is 11.0. The van der Waals surface area contributed by atoms with Gasteiger partial charge in [-0.25, -0.2) is 9.97 Å². The molecule has 1 saturated heterocycles. The SMILES string of the molecule is CCc1cc(N[C@@H]2CCN(c3cc(C)nn3C)C2=O)nc(C)n1. The monoisotopic (exact) mass is 314 g/mol. The Morgan fingerprint density at radius 1 is 1.30 bits per heavy atom. The fourth-order valence-electron chi connectivity index (χ4n) is 2.95. The van der Waals surface area contributed by atoms with Gasteiger partial charge in [0.1, 0.15) is 23.5 Å². The molecule has 0 saturated carbocycles. The van der Waals surface area contributed by atoms with E-state index < -0.39 is 0 Å². The lowest BCUT2D eigenvalue weighted by Crippen LogP contribution is -2.34. The number of anilines is 2. The van der Waals surface area contributed by atoms with Crippen LogP contribution in [0.2, 0.25) is 0 Å². The summed E-state index contributed by atoms with van der Waals surface area (Å²) in [5.74, 6) is 2.33. The first-order valence-corrected chi connectivity index (χ1v) is 7.91. The molecule has 7 nitrogen and oxygen atoms in total. The van der Waals surface area contributed by atoms with Gasteiger partial charge < -0.3 is 5.32 Å². The maximum atomic E-state index is 12.7. The summed E-state index contributed by atoms with van der Waals surface area (Å²) in [6, 6.07) is 3.59. The molecule has 0 bridgehead atoms. The summed E-state index contributed by atoms with van der Waals surface area (Å²) >= 11 is 0. The van der Waals surface area contributed by atoms with Crippen LogP contribution in [0, 0.1) is 13.8 Å². The van der Waals surface area contributed by atoms with Gasteiger partial charge in [-0.3, -0.25) is 14.4 Å². The van der Waals surface area contributed by atoms with Crippen LogP contribution in [0.25, 0.3) is 0 Å². The average Bonchev–Trinajstić information content (AvgIpc) is 3.01. The molecule has 7 heteroatoms. The van der Waals surface area contributed by atoms with E-state index in [1.807, 2.05) is 33.0 Å². The van der Waals surface area contributed by atoms with Gasteiger partial charge >= 0.3 is 0 Å². The third-order valence-electron chi connectivity index (χ3n) is 4.03. The van der Waals surface area contributed by atoms with Crippen LogP contribution < -0.4 is 10.2 Å². The van der Waals surface area contributed by atoms with Crippen molar-refractivity contribution in [1.29, 1.82) is 0 Å². The lowest BCUT2D eigenvalue weighted by Gasteiger charge is -2.17. The molecule has 1 amide bonds. The Morgan fingerprint density at radius 2 is 2.09 bits per heavy atom. The second-order valence-electron chi connectivity index (χ2n) is 5.89. The lowest BCUT2D eigenvalue weighted by atomic mass is 10.2. The highest BCUT2D eigenvalue weighted by Crippen LogP contribution is 2.23. The Kier molecular flexibility index (Phi) is 4.02. The van der Waals surface area contributed by atoms with Crippen LogP contribution in [0.15, 0.2) is 12.1 Å². The van der Waals surface area contributed by atoms with Crippen molar-refractivity contribution in [3.8, 4) is 0 Å². The van der Waals surface area contributed by atoms with E-state index >= 15 is 0 Å². The molecule has 1 fully saturated rings. The summed E-state index contributed by atoms with van der Waals surface area (Å²) < 4.78 is 1.75. The first kappa shape index (κ1) is 15.5. The van der Waals surface area contributed by atoms with E-state index in [0.29, 0.717) is 6.54 Å². The van der Waals surface area contributed by atoms with Gasteiger partial charge in [0.2, 0.25) is 0 Å². The van der Waals surface area contributed by atoms with Crippen LogP contribution in [-0.2, 0) is 18.3 Å². The summed E-state index contributed by atoms with van der Waals surface area (Å²) in [5, 5.41) is 7.58. The number of hydrogen-bond acceptors (Lipinski definition) is 5. The highest BCUT2D eigenvalue weighted by molar-refractivity contribution is 6.00. The number of aryl methyl sites for hydroxylation is 4. The molecule has 1 atom stereocenters. The quantitative estimate of drug-likeness (QED) is 0.928. The zero-order chi connectivity index (χ0) is 16.6. The van der Waals surface area contributed by atoms with Gasteiger partial charge in [0.25, 0.3) is 5.91 Å². The van der Waals surface area contributed by atoms with Crippen LogP contribution in [0.1, 0.15) is 30.6 Å². The van der Waals surface area contributed by atoms with Gasteiger partial charge in [-0.15, -0.1) is 0 Å². The van der Waals surface area contributed by atoms with Gasteiger partial charge in [0.05, 0.1) is 5.69 Å². The lowest BCUT2D eigenvalue weighted by molar-refractivity contribution is -0.117. The van der Waals surface area contributed by atoms with Crippen molar-refractivity contribution >= 4 is 17.5 Å². The summed E-state index contributed by atoms with van der Waals surface area (Å²) in [6.07, 6.45) is 1.59. The molecule has 0 aliphatic carbocycles.